The third kappa shape index (κ3) is 6.10. The first-order chi connectivity index (χ1) is 12.7. The van der Waals surface area contributed by atoms with E-state index in [2.05, 4.69) is 45.0 Å². The summed E-state index contributed by atoms with van der Waals surface area (Å²) in [6.45, 7) is 4.19. The quantitative estimate of drug-likeness (QED) is 0.294. The Hall–Kier alpha value is -1.81. The van der Waals surface area contributed by atoms with Crippen LogP contribution >= 0.6 is 35.3 Å². The van der Waals surface area contributed by atoms with Gasteiger partial charge in [0.2, 0.25) is 0 Å². The Kier molecular flexibility index (Phi) is 8.36. The molecule has 146 valence electrons. The smallest absolute Gasteiger partial charge is 0.191 e. The van der Waals surface area contributed by atoms with Gasteiger partial charge in [-0.2, -0.15) is 0 Å². The monoisotopic (exact) mass is 499 g/mol. The Labute approximate surface area is 181 Å². The van der Waals surface area contributed by atoms with Crippen LogP contribution in [0.4, 0.5) is 5.13 Å². The molecular formula is C19H26IN5OS. The maximum Gasteiger partial charge on any atom is 0.191 e. The number of fused-ring (bicyclic) bond motifs is 1. The lowest BCUT2D eigenvalue weighted by molar-refractivity contribution is 0.544. The molecule has 6 nitrogen and oxygen atoms in total. The van der Waals surface area contributed by atoms with Gasteiger partial charge >= 0.3 is 0 Å². The van der Waals surface area contributed by atoms with Gasteiger partial charge in [-0.25, -0.2) is 9.98 Å². The number of hydrogen-bond donors (Lipinski definition) is 2. The molecule has 0 bridgehead atoms. The van der Waals surface area contributed by atoms with Crippen LogP contribution in [0.1, 0.15) is 18.4 Å². The summed E-state index contributed by atoms with van der Waals surface area (Å²) in [6.07, 6.45) is 0.806. The maximum atomic E-state index is 5.85. The molecule has 0 saturated heterocycles. The van der Waals surface area contributed by atoms with Crippen LogP contribution in [-0.2, 0) is 13.0 Å². The molecule has 0 atom stereocenters. The largest absolute Gasteiger partial charge is 0.461 e. The minimum absolute atomic E-state index is 0. The van der Waals surface area contributed by atoms with Crippen molar-refractivity contribution in [1.82, 2.24) is 15.6 Å². The lowest BCUT2D eigenvalue weighted by Gasteiger charge is -2.10. The van der Waals surface area contributed by atoms with Gasteiger partial charge in [-0.1, -0.05) is 18.2 Å². The van der Waals surface area contributed by atoms with Crippen molar-refractivity contribution in [3.63, 3.8) is 0 Å². The van der Waals surface area contributed by atoms with Crippen LogP contribution in [-0.4, -0.2) is 38.1 Å². The molecule has 0 aliphatic carbocycles. The molecule has 27 heavy (non-hydrogen) atoms. The molecule has 2 N–H and O–H groups in total. The minimum atomic E-state index is 0. The van der Waals surface area contributed by atoms with E-state index in [1.165, 1.54) is 0 Å². The summed E-state index contributed by atoms with van der Waals surface area (Å²) in [4.78, 5) is 11.2. The minimum Gasteiger partial charge on any atom is -0.461 e. The lowest BCUT2D eigenvalue weighted by atomic mass is 10.2. The summed E-state index contributed by atoms with van der Waals surface area (Å²) in [7, 11) is 3.99. The molecule has 0 radical (unpaired) electrons. The van der Waals surface area contributed by atoms with Gasteiger partial charge < -0.3 is 20.0 Å². The number of thiazole rings is 1. The fraction of sp³-hybridized carbons (Fsp3) is 0.368. The van der Waals surface area contributed by atoms with Crippen molar-refractivity contribution < 1.29 is 4.42 Å². The van der Waals surface area contributed by atoms with Crippen molar-refractivity contribution >= 4 is 57.4 Å². The van der Waals surface area contributed by atoms with Gasteiger partial charge in [0.1, 0.15) is 11.3 Å². The zero-order chi connectivity index (χ0) is 18.4. The van der Waals surface area contributed by atoms with Crippen molar-refractivity contribution in [1.29, 1.82) is 0 Å². The molecule has 3 aromatic rings. The van der Waals surface area contributed by atoms with Crippen molar-refractivity contribution in [2.75, 3.05) is 32.1 Å². The highest BCUT2D eigenvalue weighted by atomic mass is 127. The van der Waals surface area contributed by atoms with Crippen LogP contribution in [0.15, 0.2) is 45.1 Å². The highest BCUT2D eigenvalue weighted by Gasteiger charge is 2.05. The van der Waals surface area contributed by atoms with E-state index in [1.807, 2.05) is 37.2 Å². The molecule has 1 aromatic carbocycles. The molecule has 0 aliphatic heterocycles. The second kappa shape index (κ2) is 10.5. The van der Waals surface area contributed by atoms with Gasteiger partial charge in [-0.15, -0.1) is 35.3 Å². The Bertz CT molecular complexity index is 841. The number of halogens is 1. The van der Waals surface area contributed by atoms with Crippen LogP contribution in [0.5, 0.6) is 0 Å². The average Bonchev–Trinajstić information content (AvgIpc) is 3.26. The van der Waals surface area contributed by atoms with Gasteiger partial charge in [-0.3, -0.25) is 0 Å². The van der Waals surface area contributed by atoms with Gasteiger partial charge in [-0.05, 0) is 19.1 Å². The number of hydrogen-bond acceptors (Lipinski definition) is 5. The number of nitrogens with zero attached hydrogens (tertiary/aromatic N) is 3. The fourth-order valence-electron chi connectivity index (χ4n) is 2.54. The maximum absolute atomic E-state index is 5.85. The molecule has 0 unspecified atom stereocenters. The summed E-state index contributed by atoms with van der Waals surface area (Å²) >= 11 is 1.63. The van der Waals surface area contributed by atoms with Gasteiger partial charge in [0.25, 0.3) is 0 Å². The summed E-state index contributed by atoms with van der Waals surface area (Å²) in [6, 6.07) is 10.2. The van der Waals surface area contributed by atoms with Gasteiger partial charge in [0.05, 0.1) is 12.2 Å². The predicted molar refractivity (Wildman–Crippen MR) is 125 cm³/mol. The summed E-state index contributed by atoms with van der Waals surface area (Å²) < 4.78 is 5.85. The predicted octanol–water partition coefficient (Wildman–Crippen LogP) is 3.87. The molecule has 0 fully saturated rings. The van der Waals surface area contributed by atoms with E-state index in [-0.39, 0.29) is 24.0 Å². The van der Waals surface area contributed by atoms with E-state index < -0.39 is 0 Å². The highest BCUT2D eigenvalue weighted by Crippen LogP contribution is 2.19. The Morgan fingerprint density at radius 3 is 2.78 bits per heavy atom. The standard InChI is InChI=1S/C19H25N5OS.HI/c1-4-20-18(22-12-15-13-26-19(23-15)24(2)3)21-10-9-16-11-14-7-5-6-8-17(14)25-16;/h5-8,11,13H,4,9-10,12H2,1-3H3,(H2,20,21,22);1H. The zero-order valence-corrected chi connectivity index (χ0v) is 19.0. The van der Waals surface area contributed by atoms with Crippen molar-refractivity contribution in [3.05, 3.63) is 47.2 Å². The number of para-hydroxylation sites is 1. The molecule has 3 rings (SSSR count). The summed E-state index contributed by atoms with van der Waals surface area (Å²) in [5.74, 6) is 1.77. The Balaban J connectivity index is 0.00000261. The van der Waals surface area contributed by atoms with E-state index in [9.17, 15) is 0 Å². The van der Waals surface area contributed by atoms with Crippen molar-refractivity contribution in [2.24, 2.45) is 4.99 Å². The van der Waals surface area contributed by atoms with E-state index >= 15 is 0 Å². The first-order valence-electron chi connectivity index (χ1n) is 8.77. The number of benzene rings is 1. The van der Waals surface area contributed by atoms with Crippen LogP contribution in [0.25, 0.3) is 11.0 Å². The first-order valence-corrected chi connectivity index (χ1v) is 9.65. The van der Waals surface area contributed by atoms with Crippen LogP contribution < -0.4 is 15.5 Å². The number of rotatable bonds is 7. The second-order valence-electron chi connectivity index (χ2n) is 6.14. The lowest BCUT2D eigenvalue weighted by Crippen LogP contribution is -2.38. The highest BCUT2D eigenvalue weighted by molar-refractivity contribution is 14.0. The molecule has 0 amide bonds. The third-order valence-corrected chi connectivity index (χ3v) is 4.86. The molecule has 8 heteroatoms. The second-order valence-corrected chi connectivity index (χ2v) is 6.97. The number of furan rings is 1. The number of anilines is 1. The number of aromatic nitrogens is 1. The Morgan fingerprint density at radius 2 is 2.07 bits per heavy atom. The molecular weight excluding hydrogens is 473 g/mol. The average molecular weight is 499 g/mol. The van der Waals surface area contributed by atoms with E-state index in [0.29, 0.717) is 6.54 Å². The first kappa shape index (κ1) is 21.5. The normalized spacial score (nSPS) is 11.3. The topological polar surface area (TPSA) is 65.7 Å². The van der Waals surface area contributed by atoms with E-state index in [0.717, 1.165) is 53.0 Å². The van der Waals surface area contributed by atoms with Crippen LogP contribution in [0.2, 0.25) is 0 Å². The van der Waals surface area contributed by atoms with Crippen LogP contribution in [0, 0.1) is 0 Å². The Morgan fingerprint density at radius 1 is 1.26 bits per heavy atom. The van der Waals surface area contributed by atoms with E-state index in [1.54, 1.807) is 11.3 Å². The molecule has 0 aliphatic rings. The van der Waals surface area contributed by atoms with Crippen molar-refractivity contribution in [3.8, 4) is 0 Å². The molecule has 2 aromatic heterocycles. The molecule has 0 spiro atoms. The molecule has 2 heterocycles. The zero-order valence-electron chi connectivity index (χ0n) is 15.9. The third-order valence-electron chi connectivity index (χ3n) is 3.81. The number of aliphatic imine (C=N–C) groups is 1. The van der Waals surface area contributed by atoms with Gasteiger partial charge in [0, 0.05) is 44.4 Å². The van der Waals surface area contributed by atoms with E-state index in [4.69, 9.17) is 4.42 Å². The van der Waals surface area contributed by atoms with Gasteiger partial charge in [0.15, 0.2) is 11.1 Å². The number of guanidine groups is 1. The molecule has 0 saturated carbocycles. The SMILES string of the molecule is CCNC(=NCc1csc(N(C)C)n1)NCCc1cc2ccccc2o1.I. The fourth-order valence-corrected chi connectivity index (χ4v) is 3.29. The van der Waals surface area contributed by atoms with Crippen LogP contribution in [0.3, 0.4) is 0 Å². The summed E-state index contributed by atoms with van der Waals surface area (Å²) in [5.41, 5.74) is 1.91. The number of nitrogens with one attached hydrogen (secondary N) is 2. The van der Waals surface area contributed by atoms with Crippen molar-refractivity contribution in [2.45, 2.75) is 19.9 Å². The summed E-state index contributed by atoms with van der Waals surface area (Å²) in [5, 5.41) is 10.8.